The van der Waals surface area contributed by atoms with Crippen LogP contribution >= 0.6 is 0 Å². The predicted molar refractivity (Wildman–Crippen MR) is 21.9 cm³/mol. The summed E-state index contributed by atoms with van der Waals surface area (Å²) in [6.45, 7) is 0. The van der Waals surface area contributed by atoms with E-state index in [1.807, 2.05) is 0 Å². The van der Waals surface area contributed by atoms with Gasteiger partial charge in [-0.05, 0) is 0 Å². The van der Waals surface area contributed by atoms with Crippen molar-refractivity contribution >= 4 is 0 Å². The fourth-order valence-electron chi connectivity index (χ4n) is 0.109. The molecule has 10 nitrogen and oxygen atoms in total. The third-order valence-electron chi connectivity index (χ3n) is 0.172. The normalized spacial score (nSPS) is 10.2. The second-order valence-corrected chi connectivity index (χ2v) is 4.68. The molecule has 0 saturated carbocycles. The van der Waals surface area contributed by atoms with E-state index in [1.54, 1.807) is 0 Å². The van der Waals surface area contributed by atoms with Gasteiger partial charge in [0.15, 0.2) is 0 Å². The van der Waals surface area contributed by atoms with Gasteiger partial charge in [0.1, 0.15) is 0 Å². The number of hydrogen-bond donors (Lipinski definition) is 4. The second-order valence-electron chi connectivity index (χ2n) is 0.924. The molecule has 0 amide bonds. The van der Waals surface area contributed by atoms with Gasteiger partial charge in [-0.2, -0.15) is 0 Å². The fraction of sp³-hybridized carbons (Fsp3) is 0. The minimum atomic E-state index is -5.76. The van der Waals surface area contributed by atoms with Crippen LogP contribution in [0.15, 0.2) is 0 Å². The summed E-state index contributed by atoms with van der Waals surface area (Å²) in [6, 6.07) is 0. The Balaban J connectivity index is -0.000000107. The molecule has 0 aromatic carbocycles. The maximum atomic E-state index is 9.53. The summed E-state index contributed by atoms with van der Waals surface area (Å²) < 4.78 is 56.3. The zero-order valence-electron chi connectivity index (χ0n) is 5.67. The van der Waals surface area contributed by atoms with Crippen molar-refractivity contribution in [3.05, 3.63) is 0 Å². The van der Waals surface area contributed by atoms with Gasteiger partial charge in [-0.1, -0.05) is 0 Å². The van der Waals surface area contributed by atoms with Gasteiger partial charge < -0.3 is 17.8 Å². The Hall–Kier alpha value is 0.0249. The van der Waals surface area contributed by atoms with E-state index in [0.717, 1.165) is 0 Å². The van der Waals surface area contributed by atoms with Crippen molar-refractivity contribution in [2.45, 2.75) is 0 Å². The Morgan fingerprint density at radius 3 is 1.00 bits per heavy atom. The number of hydrogen-bond acceptors (Lipinski definition) is 7. The van der Waals surface area contributed by atoms with E-state index in [4.69, 9.17) is 8.32 Å². The van der Waals surface area contributed by atoms with Crippen LogP contribution in [0.25, 0.3) is 0 Å². The summed E-state index contributed by atoms with van der Waals surface area (Å²) >= 11 is -11.5. The Kier molecular flexibility index (Phi) is 12.4. The van der Waals surface area contributed by atoms with Crippen LogP contribution in [0.3, 0.4) is 0 Å². The summed E-state index contributed by atoms with van der Waals surface area (Å²) in [4.78, 5) is 0. The average Bonchev–Trinajstić information content (AvgIpc) is 1.14. The first kappa shape index (κ1) is 22.7. The molecule has 80 valence electrons. The van der Waals surface area contributed by atoms with Crippen molar-refractivity contribution in [1.82, 2.24) is 12.3 Å². The summed E-state index contributed by atoms with van der Waals surface area (Å²) in [7, 11) is 0. The molecule has 0 aliphatic heterocycles. The van der Waals surface area contributed by atoms with Crippen molar-refractivity contribution in [1.29, 1.82) is 0 Å². The van der Waals surface area contributed by atoms with E-state index in [0.29, 0.717) is 0 Å². The predicted octanol–water partition coefficient (Wildman–Crippen LogP) is -2.16. The van der Waals surface area contributed by atoms with Gasteiger partial charge >= 0.3 is 53.6 Å². The molecule has 0 aromatic rings. The third kappa shape index (κ3) is 22.5. The Morgan fingerprint density at radius 2 is 1.00 bits per heavy atom. The monoisotopic (exact) mass is 270 g/mol. The SMILES string of the molecule is N.N.O.[O]=[Cr](=[O])([OH])[O][Cr](=[O])(=[O])[OH]. The molecule has 0 aromatic heterocycles. The van der Waals surface area contributed by atoms with E-state index in [-0.39, 0.29) is 17.8 Å². The van der Waals surface area contributed by atoms with E-state index in [9.17, 15) is 15.2 Å². The van der Waals surface area contributed by atoms with Crippen molar-refractivity contribution < 1.29 is 59.1 Å². The van der Waals surface area contributed by atoms with Crippen molar-refractivity contribution in [3.8, 4) is 0 Å². The van der Waals surface area contributed by atoms with Gasteiger partial charge in [0.2, 0.25) is 0 Å². The van der Waals surface area contributed by atoms with Gasteiger partial charge in [0.25, 0.3) is 0 Å². The Morgan fingerprint density at radius 1 is 0.833 bits per heavy atom. The molecule has 12 heteroatoms. The molecule has 0 fully saturated rings. The van der Waals surface area contributed by atoms with E-state index in [2.05, 4.69) is 2.84 Å². The molecule has 0 radical (unpaired) electrons. The van der Waals surface area contributed by atoms with Gasteiger partial charge in [-0.3, -0.25) is 0 Å². The van der Waals surface area contributed by atoms with Gasteiger partial charge in [0.05, 0.1) is 0 Å². The fourth-order valence-corrected chi connectivity index (χ4v) is 1.85. The van der Waals surface area contributed by atoms with Crippen molar-refractivity contribution in [2.24, 2.45) is 0 Å². The first-order chi connectivity index (χ1) is 3.71. The molecule has 0 aliphatic rings. The van der Waals surface area contributed by atoms with Crippen LogP contribution in [0.1, 0.15) is 0 Å². The Bertz CT molecular complexity index is 240. The van der Waals surface area contributed by atoms with E-state index in [1.165, 1.54) is 0 Å². The molecule has 0 heterocycles. The van der Waals surface area contributed by atoms with Crippen LogP contribution in [-0.4, -0.2) is 13.8 Å². The molecule has 0 bridgehead atoms. The summed E-state index contributed by atoms with van der Waals surface area (Å²) in [5.74, 6) is 0. The van der Waals surface area contributed by atoms with Crippen LogP contribution in [0, 0.1) is 0 Å². The van der Waals surface area contributed by atoms with Crippen molar-refractivity contribution in [3.63, 3.8) is 0 Å². The average molecular weight is 270 g/mol. The summed E-state index contributed by atoms with van der Waals surface area (Å²) in [5, 5.41) is 0. The van der Waals surface area contributed by atoms with Gasteiger partial charge in [-0.15, -0.1) is 0 Å². The second kappa shape index (κ2) is 6.53. The molecule has 0 spiro atoms. The van der Waals surface area contributed by atoms with E-state index < -0.39 is 27.2 Å². The molecule has 10 N–H and O–H groups in total. The van der Waals surface area contributed by atoms with Crippen LogP contribution in [0.4, 0.5) is 0 Å². The van der Waals surface area contributed by atoms with E-state index >= 15 is 0 Å². The molecule has 12 heavy (non-hydrogen) atoms. The van der Waals surface area contributed by atoms with Crippen LogP contribution in [0.5, 0.6) is 0 Å². The maximum absolute atomic E-state index is 9.53. The molecule has 0 rings (SSSR count). The molecule has 0 saturated heterocycles. The number of rotatable bonds is 2. The first-order valence-electron chi connectivity index (χ1n) is 1.37. The zero-order valence-corrected chi connectivity index (χ0v) is 8.22. The van der Waals surface area contributed by atoms with Crippen molar-refractivity contribution in [2.75, 3.05) is 0 Å². The van der Waals surface area contributed by atoms with Gasteiger partial charge in [0, 0.05) is 0 Å². The third-order valence-corrected chi connectivity index (χ3v) is 2.92. The zero-order chi connectivity index (χ0) is 7.71. The summed E-state index contributed by atoms with van der Waals surface area (Å²) in [5.41, 5.74) is 0. The summed E-state index contributed by atoms with van der Waals surface area (Å²) in [6.07, 6.45) is 0. The topological polar surface area (TPSA) is 219 Å². The molecule has 0 atom stereocenters. The quantitative estimate of drug-likeness (QED) is 0.428. The molecule has 0 unspecified atom stereocenters. The minimum absolute atomic E-state index is 0. The van der Waals surface area contributed by atoms with Crippen LogP contribution in [-0.2, 0) is 45.3 Å². The van der Waals surface area contributed by atoms with Gasteiger partial charge in [-0.25, -0.2) is 0 Å². The standard InChI is InChI=1S/2Cr.2H3N.3H2O.5O/h;;2*1H3;3*1H2;;;;;/q2*+1;;;;;;;;;;/p-2. The molecular formula is H10Cr2N2O8. The Labute approximate surface area is 71.8 Å². The molecular weight excluding hydrogens is 260 g/mol. The molecule has 0 aliphatic carbocycles. The first-order valence-corrected chi connectivity index (χ1v) is 5.63. The van der Waals surface area contributed by atoms with Crippen LogP contribution < -0.4 is 12.3 Å². The van der Waals surface area contributed by atoms with Crippen LogP contribution in [0.2, 0.25) is 0 Å².